The number of hydrogen-bond acceptors (Lipinski definition) is 4. The van der Waals surface area contributed by atoms with Gasteiger partial charge < -0.3 is 4.74 Å². The molecular formula is C20H27NO2S2. The number of nitrogens with zero attached hydrogens (tertiary/aromatic N) is 1. The summed E-state index contributed by atoms with van der Waals surface area (Å²) in [5.41, 5.74) is 3.19. The zero-order chi connectivity index (χ0) is 19.0. The van der Waals surface area contributed by atoms with Gasteiger partial charge in [0.15, 0.2) is 0 Å². The second-order valence-corrected chi connectivity index (χ2v) is 10.2. The van der Waals surface area contributed by atoms with Crippen LogP contribution in [0.5, 0.6) is 5.75 Å². The third-order valence-electron chi connectivity index (χ3n) is 4.00. The minimum Gasteiger partial charge on any atom is -0.496 e. The average Bonchev–Trinajstić information content (AvgIpc) is 2.85. The predicted molar refractivity (Wildman–Crippen MR) is 112 cm³/mol. The molecule has 25 heavy (non-hydrogen) atoms. The molecule has 1 aliphatic rings. The summed E-state index contributed by atoms with van der Waals surface area (Å²) in [6, 6.07) is 4.26. The Balaban J connectivity index is 2.63. The monoisotopic (exact) mass is 377 g/mol. The van der Waals surface area contributed by atoms with Gasteiger partial charge in [0.2, 0.25) is 0 Å². The standard InChI is InChI=1S/C20H27NO2S2/c1-19(2,3)13-9-12(10-14(16(13)23-7)20(4,5)6)11-15-17(22)21-18(24-8)25-15/h9-11H,1-8H3/b15-11-. The number of carbonyl (C=O) groups excluding carboxylic acids is 1. The van der Waals surface area contributed by atoms with Crippen LogP contribution in [-0.4, -0.2) is 23.6 Å². The number of carbonyl (C=O) groups is 1. The van der Waals surface area contributed by atoms with Gasteiger partial charge in [0.25, 0.3) is 5.91 Å². The molecule has 3 nitrogen and oxygen atoms in total. The molecule has 1 aromatic rings. The first kappa shape index (κ1) is 20.1. The topological polar surface area (TPSA) is 38.7 Å². The Labute approximate surface area is 159 Å². The van der Waals surface area contributed by atoms with E-state index in [9.17, 15) is 4.79 Å². The molecule has 0 aromatic heterocycles. The fraction of sp³-hybridized carbons (Fsp3) is 0.500. The van der Waals surface area contributed by atoms with Crippen molar-refractivity contribution in [2.24, 2.45) is 4.99 Å². The Kier molecular flexibility index (Phi) is 5.79. The van der Waals surface area contributed by atoms with Crippen LogP contribution in [0.1, 0.15) is 58.2 Å². The van der Waals surface area contributed by atoms with Gasteiger partial charge in [-0.25, -0.2) is 0 Å². The number of thioether (sulfide) groups is 2. The normalized spacial score (nSPS) is 17.2. The lowest BCUT2D eigenvalue weighted by Gasteiger charge is -2.29. The Morgan fingerprint density at radius 1 is 1.08 bits per heavy atom. The Bertz CT molecular complexity index is 715. The molecule has 0 saturated carbocycles. The largest absolute Gasteiger partial charge is 0.496 e. The van der Waals surface area contributed by atoms with Gasteiger partial charge in [-0.1, -0.05) is 53.3 Å². The van der Waals surface area contributed by atoms with Crippen LogP contribution in [0.4, 0.5) is 0 Å². The molecule has 0 atom stereocenters. The average molecular weight is 378 g/mol. The Morgan fingerprint density at radius 2 is 1.60 bits per heavy atom. The van der Waals surface area contributed by atoms with Gasteiger partial charge in [0.05, 0.1) is 12.0 Å². The smallest absolute Gasteiger partial charge is 0.285 e. The summed E-state index contributed by atoms with van der Waals surface area (Å²) in [6.07, 6.45) is 3.88. The number of rotatable bonds is 2. The van der Waals surface area contributed by atoms with Crippen molar-refractivity contribution in [1.82, 2.24) is 0 Å². The molecule has 0 aliphatic carbocycles. The summed E-state index contributed by atoms with van der Waals surface area (Å²) in [6.45, 7) is 13.1. The van der Waals surface area contributed by atoms with Crippen LogP contribution < -0.4 is 4.74 Å². The van der Waals surface area contributed by atoms with Gasteiger partial charge in [0, 0.05) is 11.1 Å². The number of ether oxygens (including phenoxy) is 1. The molecule has 1 aliphatic heterocycles. The van der Waals surface area contributed by atoms with Crippen LogP contribution in [0.3, 0.4) is 0 Å². The third-order valence-corrected chi connectivity index (χ3v) is 5.97. The summed E-state index contributed by atoms with van der Waals surface area (Å²) < 4.78 is 6.59. The first-order valence-electron chi connectivity index (χ1n) is 8.27. The lowest BCUT2D eigenvalue weighted by Crippen LogP contribution is -2.19. The molecule has 2 rings (SSSR count). The maximum absolute atomic E-state index is 12.1. The summed E-state index contributed by atoms with van der Waals surface area (Å²) in [5.74, 6) is 0.786. The van der Waals surface area contributed by atoms with E-state index in [4.69, 9.17) is 4.74 Å². The molecule has 0 unspecified atom stereocenters. The highest BCUT2D eigenvalue weighted by molar-refractivity contribution is 8.40. The molecule has 0 N–H and O–H groups in total. The van der Waals surface area contributed by atoms with E-state index in [0.717, 1.165) is 26.8 Å². The Hall–Kier alpha value is -1.20. The van der Waals surface area contributed by atoms with Crippen LogP contribution in [0.2, 0.25) is 0 Å². The van der Waals surface area contributed by atoms with E-state index in [-0.39, 0.29) is 16.7 Å². The highest BCUT2D eigenvalue weighted by Gasteiger charge is 2.28. The predicted octanol–water partition coefficient (Wildman–Crippen LogP) is 5.62. The number of benzene rings is 1. The molecule has 136 valence electrons. The Morgan fingerprint density at radius 3 is 1.96 bits per heavy atom. The van der Waals surface area contributed by atoms with Crippen molar-refractivity contribution in [2.45, 2.75) is 52.4 Å². The maximum atomic E-state index is 12.1. The van der Waals surface area contributed by atoms with Gasteiger partial charge in [0.1, 0.15) is 10.1 Å². The quantitative estimate of drug-likeness (QED) is 0.627. The maximum Gasteiger partial charge on any atom is 0.285 e. The van der Waals surface area contributed by atoms with E-state index in [1.54, 1.807) is 7.11 Å². The fourth-order valence-corrected chi connectivity index (χ4v) is 4.12. The van der Waals surface area contributed by atoms with Crippen molar-refractivity contribution >= 4 is 39.9 Å². The lowest BCUT2D eigenvalue weighted by molar-refractivity contribution is -0.113. The van der Waals surface area contributed by atoms with E-state index in [1.807, 2.05) is 12.3 Å². The molecule has 5 heteroatoms. The van der Waals surface area contributed by atoms with Crippen LogP contribution in [0.15, 0.2) is 22.0 Å². The summed E-state index contributed by atoms with van der Waals surface area (Å²) in [7, 11) is 1.73. The molecule has 0 fully saturated rings. The van der Waals surface area contributed by atoms with E-state index in [2.05, 4.69) is 58.7 Å². The van der Waals surface area contributed by atoms with E-state index >= 15 is 0 Å². The van der Waals surface area contributed by atoms with Gasteiger partial charge >= 0.3 is 0 Å². The highest BCUT2D eigenvalue weighted by atomic mass is 32.2. The zero-order valence-electron chi connectivity index (χ0n) is 16.3. The van der Waals surface area contributed by atoms with Gasteiger partial charge in [-0.05, 0) is 40.9 Å². The summed E-state index contributed by atoms with van der Waals surface area (Å²) in [4.78, 5) is 16.9. The molecule has 1 heterocycles. The first-order chi connectivity index (χ1) is 11.5. The molecule has 0 spiro atoms. The van der Waals surface area contributed by atoms with E-state index < -0.39 is 0 Å². The number of amides is 1. The summed E-state index contributed by atoms with van der Waals surface area (Å²) in [5, 5.41) is 0. The zero-order valence-corrected chi connectivity index (χ0v) is 17.9. The second-order valence-electron chi connectivity index (χ2n) is 8.15. The first-order valence-corrected chi connectivity index (χ1v) is 10.3. The van der Waals surface area contributed by atoms with Crippen molar-refractivity contribution in [2.75, 3.05) is 13.4 Å². The minimum absolute atomic E-state index is 0.0619. The van der Waals surface area contributed by atoms with E-state index in [1.165, 1.54) is 23.5 Å². The molecule has 1 amide bonds. The number of hydrogen-bond donors (Lipinski definition) is 0. The molecule has 0 saturated heterocycles. The lowest BCUT2D eigenvalue weighted by atomic mass is 9.78. The molecule has 0 radical (unpaired) electrons. The van der Waals surface area contributed by atoms with Gasteiger partial charge in [-0.3, -0.25) is 4.79 Å². The van der Waals surface area contributed by atoms with Crippen LogP contribution in [0, 0.1) is 0 Å². The van der Waals surface area contributed by atoms with E-state index in [0.29, 0.717) is 4.91 Å². The van der Waals surface area contributed by atoms with Crippen molar-refractivity contribution < 1.29 is 9.53 Å². The highest BCUT2D eigenvalue weighted by Crippen LogP contribution is 2.41. The van der Waals surface area contributed by atoms with Crippen molar-refractivity contribution in [3.63, 3.8) is 0 Å². The summed E-state index contributed by atoms with van der Waals surface area (Å²) >= 11 is 2.95. The van der Waals surface area contributed by atoms with Crippen molar-refractivity contribution in [3.8, 4) is 5.75 Å². The number of aliphatic imine (C=N–C) groups is 1. The van der Waals surface area contributed by atoms with Crippen molar-refractivity contribution in [3.05, 3.63) is 33.7 Å². The molecule has 0 bridgehead atoms. The van der Waals surface area contributed by atoms with Gasteiger partial charge in [-0.15, -0.1) is 11.8 Å². The number of methoxy groups -OCH3 is 1. The molecule has 1 aromatic carbocycles. The van der Waals surface area contributed by atoms with Crippen LogP contribution >= 0.6 is 23.5 Å². The van der Waals surface area contributed by atoms with Crippen LogP contribution in [-0.2, 0) is 15.6 Å². The SMILES string of the molecule is COc1c(C(C)(C)C)cc(/C=C2\SC(SC)=NC2=O)cc1C(C)(C)C. The fourth-order valence-electron chi connectivity index (χ4n) is 2.70. The van der Waals surface area contributed by atoms with Gasteiger partial charge in [-0.2, -0.15) is 4.99 Å². The van der Waals surface area contributed by atoms with Crippen LogP contribution in [0.25, 0.3) is 6.08 Å². The molecular weight excluding hydrogens is 350 g/mol. The van der Waals surface area contributed by atoms with Crippen molar-refractivity contribution in [1.29, 1.82) is 0 Å². The minimum atomic E-state index is -0.153. The third kappa shape index (κ3) is 4.50. The second kappa shape index (κ2) is 7.20.